The van der Waals surface area contributed by atoms with Gasteiger partial charge in [0.05, 0.1) is 23.0 Å². The van der Waals surface area contributed by atoms with Crippen molar-refractivity contribution in [1.29, 1.82) is 0 Å². The SMILES string of the molecule is CC(C)(C)n1cc2c(n1)-c1cc(F)ccc1N(S(=O)(=O)c1ccc(C(F)(F)F)nc1)C2C1CC1. The molecule has 1 aromatic carbocycles. The van der Waals surface area contributed by atoms with Gasteiger partial charge in [-0.25, -0.2) is 12.8 Å². The number of nitrogens with zero attached hydrogens (tertiary/aromatic N) is 4. The monoisotopic (exact) mass is 494 g/mol. The van der Waals surface area contributed by atoms with E-state index in [4.69, 9.17) is 0 Å². The Morgan fingerprint density at radius 2 is 1.76 bits per heavy atom. The maximum atomic E-state index is 14.3. The van der Waals surface area contributed by atoms with E-state index in [1.54, 1.807) is 10.9 Å². The molecule has 1 aliphatic heterocycles. The molecule has 0 spiro atoms. The largest absolute Gasteiger partial charge is 0.433 e. The van der Waals surface area contributed by atoms with Crippen molar-refractivity contribution in [2.45, 2.75) is 56.3 Å². The van der Waals surface area contributed by atoms with E-state index in [9.17, 15) is 26.0 Å². The lowest BCUT2D eigenvalue weighted by atomic mass is 9.93. The van der Waals surface area contributed by atoms with Crippen molar-refractivity contribution in [3.63, 3.8) is 0 Å². The van der Waals surface area contributed by atoms with Crippen LogP contribution in [0.4, 0.5) is 23.2 Å². The highest BCUT2D eigenvalue weighted by Crippen LogP contribution is 2.55. The fourth-order valence-electron chi connectivity index (χ4n) is 4.27. The summed E-state index contributed by atoms with van der Waals surface area (Å²) < 4.78 is 83.8. The number of benzene rings is 1. The van der Waals surface area contributed by atoms with Crippen molar-refractivity contribution in [2.75, 3.05) is 4.31 Å². The highest BCUT2D eigenvalue weighted by atomic mass is 32.2. The van der Waals surface area contributed by atoms with Gasteiger partial charge in [0.2, 0.25) is 0 Å². The molecule has 1 aliphatic carbocycles. The van der Waals surface area contributed by atoms with E-state index in [2.05, 4.69) is 10.1 Å². The molecular weight excluding hydrogens is 472 g/mol. The van der Waals surface area contributed by atoms with Gasteiger partial charge in [-0.1, -0.05) is 0 Å². The summed E-state index contributed by atoms with van der Waals surface area (Å²) in [5, 5.41) is 4.68. The van der Waals surface area contributed by atoms with Crippen LogP contribution in [-0.2, 0) is 21.7 Å². The molecule has 1 saturated carbocycles. The highest BCUT2D eigenvalue weighted by molar-refractivity contribution is 7.92. The van der Waals surface area contributed by atoms with Crippen LogP contribution in [0.1, 0.15) is 50.9 Å². The van der Waals surface area contributed by atoms with Crippen LogP contribution in [-0.4, -0.2) is 23.2 Å². The first-order valence-electron chi connectivity index (χ1n) is 10.8. The molecule has 34 heavy (non-hydrogen) atoms. The zero-order valence-electron chi connectivity index (χ0n) is 18.6. The highest BCUT2D eigenvalue weighted by Gasteiger charge is 2.48. The summed E-state index contributed by atoms with van der Waals surface area (Å²) in [5.41, 5.74) is 0.139. The van der Waals surface area contributed by atoms with Crippen molar-refractivity contribution < 1.29 is 26.0 Å². The summed E-state index contributed by atoms with van der Waals surface area (Å²) in [7, 11) is -4.33. The van der Waals surface area contributed by atoms with Crippen molar-refractivity contribution in [1.82, 2.24) is 14.8 Å². The number of aromatic nitrogens is 3. The Bertz CT molecular complexity index is 1370. The molecule has 180 valence electrons. The van der Waals surface area contributed by atoms with Crippen LogP contribution in [0.2, 0.25) is 0 Å². The minimum absolute atomic E-state index is 0.00625. The average molecular weight is 495 g/mol. The molecule has 0 radical (unpaired) electrons. The Balaban J connectivity index is 1.71. The van der Waals surface area contributed by atoms with E-state index >= 15 is 0 Å². The number of halogens is 4. The number of hydrogen-bond acceptors (Lipinski definition) is 4. The summed E-state index contributed by atoms with van der Waals surface area (Å²) in [5.74, 6) is -0.542. The van der Waals surface area contributed by atoms with Crippen LogP contribution in [0.15, 0.2) is 47.6 Å². The van der Waals surface area contributed by atoms with E-state index in [0.717, 1.165) is 25.1 Å². The van der Waals surface area contributed by atoms with Gasteiger partial charge in [0.25, 0.3) is 10.0 Å². The molecule has 1 fully saturated rings. The molecular formula is C23H22F4N4O2S. The molecule has 0 N–H and O–H groups in total. The smallest absolute Gasteiger partial charge is 0.267 e. The molecule has 3 aromatic rings. The number of fused-ring (bicyclic) bond motifs is 3. The number of hydrogen-bond donors (Lipinski definition) is 0. The zero-order chi connectivity index (χ0) is 24.6. The Hall–Kier alpha value is -2.95. The minimum Gasteiger partial charge on any atom is -0.267 e. The first-order chi connectivity index (χ1) is 15.8. The fourth-order valence-corrected chi connectivity index (χ4v) is 5.93. The molecule has 0 amide bonds. The molecule has 2 aromatic heterocycles. The van der Waals surface area contributed by atoms with Gasteiger partial charge in [0, 0.05) is 23.5 Å². The van der Waals surface area contributed by atoms with Gasteiger partial charge in [0.1, 0.15) is 16.4 Å². The topological polar surface area (TPSA) is 68.1 Å². The third-order valence-corrected chi connectivity index (χ3v) is 7.88. The summed E-state index contributed by atoms with van der Waals surface area (Å²) in [6, 6.07) is 4.74. The standard InChI is InChI=1S/C23H22F4N4O2S/c1-22(2,3)30-12-17-20(29-30)16-10-14(24)6-8-18(16)31(21(17)13-4-5-13)34(32,33)15-7-9-19(28-11-15)23(25,26)27/h6-13,21H,4-5H2,1-3H3. The lowest BCUT2D eigenvalue weighted by Crippen LogP contribution is -2.38. The predicted octanol–water partition coefficient (Wildman–Crippen LogP) is 5.52. The number of alkyl halides is 3. The molecule has 6 nitrogen and oxygen atoms in total. The van der Waals surface area contributed by atoms with Crippen LogP contribution in [0, 0.1) is 11.7 Å². The van der Waals surface area contributed by atoms with Crippen molar-refractivity contribution in [3.05, 3.63) is 59.8 Å². The van der Waals surface area contributed by atoms with Crippen LogP contribution in [0.5, 0.6) is 0 Å². The van der Waals surface area contributed by atoms with Crippen LogP contribution < -0.4 is 4.31 Å². The molecule has 1 unspecified atom stereocenters. The second kappa shape index (κ2) is 7.27. The van der Waals surface area contributed by atoms with Crippen LogP contribution >= 0.6 is 0 Å². The van der Waals surface area contributed by atoms with E-state index < -0.39 is 39.3 Å². The number of rotatable bonds is 3. The molecule has 0 bridgehead atoms. The normalized spacial score (nSPS) is 18.6. The van der Waals surface area contributed by atoms with Crippen LogP contribution in [0.25, 0.3) is 11.3 Å². The van der Waals surface area contributed by atoms with Gasteiger partial charge in [-0.05, 0) is 69.9 Å². The van der Waals surface area contributed by atoms with Gasteiger partial charge in [-0.15, -0.1) is 0 Å². The van der Waals surface area contributed by atoms with Gasteiger partial charge in [0.15, 0.2) is 0 Å². The molecule has 2 aliphatic rings. The average Bonchev–Trinajstić information content (AvgIpc) is 3.47. The van der Waals surface area contributed by atoms with Gasteiger partial charge in [-0.3, -0.25) is 14.0 Å². The third kappa shape index (κ3) is 3.66. The Labute approximate surface area is 194 Å². The van der Waals surface area contributed by atoms with Crippen molar-refractivity contribution >= 4 is 15.7 Å². The Kier molecular flexibility index (Phi) is 4.88. The molecule has 0 saturated heterocycles. The van der Waals surface area contributed by atoms with Gasteiger partial charge >= 0.3 is 6.18 Å². The summed E-state index contributed by atoms with van der Waals surface area (Å²) in [6.07, 6.45) is -0.596. The Morgan fingerprint density at radius 3 is 2.32 bits per heavy atom. The molecule has 1 atom stereocenters. The quantitative estimate of drug-likeness (QED) is 0.450. The molecule has 3 heterocycles. The number of sulfonamides is 1. The van der Waals surface area contributed by atoms with Crippen molar-refractivity contribution in [2.24, 2.45) is 5.92 Å². The zero-order valence-corrected chi connectivity index (χ0v) is 19.5. The predicted molar refractivity (Wildman–Crippen MR) is 117 cm³/mol. The lowest BCUT2D eigenvalue weighted by molar-refractivity contribution is -0.141. The first kappa shape index (κ1) is 22.8. The number of pyridine rings is 1. The summed E-state index contributed by atoms with van der Waals surface area (Å²) >= 11 is 0. The maximum absolute atomic E-state index is 14.3. The summed E-state index contributed by atoms with van der Waals surface area (Å²) in [6.45, 7) is 5.85. The lowest BCUT2D eigenvalue weighted by Gasteiger charge is -2.37. The minimum atomic E-state index is -4.69. The van der Waals surface area contributed by atoms with E-state index in [-0.39, 0.29) is 16.5 Å². The third-order valence-electron chi connectivity index (χ3n) is 6.10. The molecule has 5 rings (SSSR count). The van der Waals surface area contributed by atoms with Gasteiger partial charge in [-0.2, -0.15) is 18.3 Å². The second-order valence-corrected chi connectivity index (χ2v) is 11.5. The van der Waals surface area contributed by atoms with Crippen molar-refractivity contribution in [3.8, 4) is 11.3 Å². The first-order valence-corrected chi connectivity index (χ1v) is 12.2. The maximum Gasteiger partial charge on any atom is 0.433 e. The number of anilines is 1. The van der Waals surface area contributed by atoms with E-state index in [1.807, 2.05) is 20.8 Å². The van der Waals surface area contributed by atoms with Gasteiger partial charge < -0.3 is 0 Å². The Morgan fingerprint density at radius 1 is 1.06 bits per heavy atom. The molecule has 11 heteroatoms. The van der Waals surface area contributed by atoms with E-state index in [0.29, 0.717) is 22.9 Å². The second-order valence-electron chi connectivity index (χ2n) is 9.67. The van der Waals surface area contributed by atoms with Crippen LogP contribution in [0.3, 0.4) is 0 Å². The summed E-state index contributed by atoms with van der Waals surface area (Å²) in [4.78, 5) is 2.97. The fraction of sp³-hybridized carbons (Fsp3) is 0.391. The van der Waals surface area contributed by atoms with E-state index in [1.165, 1.54) is 22.5 Å².